The largest absolute Gasteiger partial charge is 0.399 e. The number of anilines is 1. The number of oxime groups is 1. The lowest BCUT2D eigenvalue weighted by atomic mass is 10.0. The number of hydrogen-bond donors (Lipinski definition) is 1. The Morgan fingerprint density at radius 1 is 1.13 bits per heavy atom. The number of nitrogens with zero attached hydrogens (tertiary/aromatic N) is 1. The number of benzene rings is 2. The molecule has 8 heteroatoms. The van der Waals surface area contributed by atoms with Crippen molar-refractivity contribution in [3.63, 3.8) is 0 Å². The molecule has 0 spiro atoms. The van der Waals surface area contributed by atoms with Gasteiger partial charge in [-0.15, -0.1) is 0 Å². The summed E-state index contributed by atoms with van der Waals surface area (Å²) in [6, 6.07) is 7.64. The van der Waals surface area contributed by atoms with Gasteiger partial charge in [0.1, 0.15) is 18.7 Å². The Morgan fingerprint density at radius 3 is 2.48 bits per heavy atom. The number of halogens is 2. The third-order valence-corrected chi connectivity index (χ3v) is 3.46. The van der Waals surface area contributed by atoms with E-state index in [4.69, 9.17) is 0 Å². The fourth-order valence-corrected chi connectivity index (χ4v) is 2.55. The zero-order valence-corrected chi connectivity index (χ0v) is 13.2. The van der Waals surface area contributed by atoms with E-state index in [0.29, 0.717) is 5.56 Å². The molecule has 0 aliphatic rings. The lowest BCUT2D eigenvalue weighted by molar-refractivity contribution is 0.215. The van der Waals surface area contributed by atoms with Gasteiger partial charge in [-0.25, -0.2) is 17.2 Å². The third-order valence-electron chi connectivity index (χ3n) is 2.87. The summed E-state index contributed by atoms with van der Waals surface area (Å²) in [7, 11) is -2.19. The quantitative estimate of drug-likeness (QED) is 0.672. The van der Waals surface area contributed by atoms with E-state index in [1.165, 1.54) is 31.5 Å². The monoisotopic (exact) mass is 340 g/mol. The van der Waals surface area contributed by atoms with E-state index in [-0.39, 0.29) is 16.8 Å². The van der Waals surface area contributed by atoms with Crippen molar-refractivity contribution >= 4 is 21.9 Å². The summed E-state index contributed by atoms with van der Waals surface area (Å²) in [5.41, 5.74) is 1.05. The number of sulfonamides is 1. The van der Waals surface area contributed by atoms with E-state index >= 15 is 0 Å². The SMILES string of the molecule is CO/N=C\c1ccc(NS(C)(=O)=O)c(-c2ccc(F)cc2F)c1. The van der Waals surface area contributed by atoms with E-state index in [9.17, 15) is 17.2 Å². The van der Waals surface area contributed by atoms with Crippen LogP contribution in [0, 0.1) is 11.6 Å². The Hall–Kier alpha value is -2.48. The van der Waals surface area contributed by atoms with Crippen LogP contribution in [-0.4, -0.2) is 28.0 Å². The van der Waals surface area contributed by atoms with Crippen LogP contribution in [0.15, 0.2) is 41.6 Å². The van der Waals surface area contributed by atoms with Gasteiger partial charge in [0, 0.05) is 17.2 Å². The first-order valence-corrected chi connectivity index (χ1v) is 8.33. The van der Waals surface area contributed by atoms with Crippen molar-refractivity contribution in [2.75, 3.05) is 18.1 Å². The van der Waals surface area contributed by atoms with Crippen molar-refractivity contribution in [3.05, 3.63) is 53.6 Å². The minimum Gasteiger partial charge on any atom is -0.399 e. The highest BCUT2D eigenvalue weighted by Gasteiger charge is 2.14. The summed E-state index contributed by atoms with van der Waals surface area (Å²) in [6.45, 7) is 0. The van der Waals surface area contributed by atoms with Gasteiger partial charge in [-0.3, -0.25) is 4.72 Å². The molecular formula is C15H14F2N2O3S. The molecule has 0 heterocycles. The first-order chi connectivity index (χ1) is 10.8. The zero-order chi connectivity index (χ0) is 17.0. The molecule has 2 aromatic rings. The molecule has 0 bridgehead atoms. The summed E-state index contributed by atoms with van der Waals surface area (Å²) in [4.78, 5) is 4.58. The molecule has 0 unspecified atom stereocenters. The Morgan fingerprint density at radius 2 is 1.87 bits per heavy atom. The molecule has 5 nitrogen and oxygen atoms in total. The van der Waals surface area contributed by atoms with Crippen molar-refractivity contribution < 1.29 is 22.0 Å². The lowest BCUT2D eigenvalue weighted by Crippen LogP contribution is -2.11. The van der Waals surface area contributed by atoms with E-state index in [1.54, 1.807) is 6.07 Å². The Labute approximate surface area is 132 Å². The second-order valence-corrected chi connectivity index (χ2v) is 6.47. The van der Waals surface area contributed by atoms with Crippen LogP contribution in [0.1, 0.15) is 5.56 Å². The molecule has 2 rings (SSSR count). The van der Waals surface area contributed by atoms with Gasteiger partial charge in [0.05, 0.1) is 18.2 Å². The highest BCUT2D eigenvalue weighted by atomic mass is 32.2. The van der Waals surface area contributed by atoms with Gasteiger partial charge >= 0.3 is 0 Å². The Balaban J connectivity index is 2.62. The molecule has 1 N–H and O–H groups in total. The number of nitrogens with one attached hydrogen (secondary N) is 1. The molecule has 0 saturated carbocycles. The zero-order valence-electron chi connectivity index (χ0n) is 12.4. The van der Waals surface area contributed by atoms with Gasteiger partial charge in [-0.05, 0) is 29.8 Å². The molecule has 2 aromatic carbocycles. The van der Waals surface area contributed by atoms with Gasteiger partial charge in [0.15, 0.2) is 0 Å². The predicted molar refractivity (Wildman–Crippen MR) is 84.9 cm³/mol. The summed E-state index contributed by atoms with van der Waals surface area (Å²) < 4.78 is 52.4. The Bertz CT molecular complexity index is 852. The minimum atomic E-state index is -3.56. The summed E-state index contributed by atoms with van der Waals surface area (Å²) in [5.74, 6) is -1.52. The van der Waals surface area contributed by atoms with Crippen molar-refractivity contribution in [1.29, 1.82) is 0 Å². The van der Waals surface area contributed by atoms with Crippen LogP contribution in [0.2, 0.25) is 0 Å². The summed E-state index contributed by atoms with van der Waals surface area (Å²) in [5, 5.41) is 3.60. The predicted octanol–water partition coefficient (Wildman–Crippen LogP) is 2.98. The first kappa shape index (κ1) is 16.9. The smallest absolute Gasteiger partial charge is 0.229 e. The lowest BCUT2D eigenvalue weighted by Gasteiger charge is -2.12. The molecule has 0 amide bonds. The topological polar surface area (TPSA) is 67.8 Å². The molecule has 0 aliphatic heterocycles. The number of hydrogen-bond acceptors (Lipinski definition) is 4. The minimum absolute atomic E-state index is 0.0604. The second kappa shape index (κ2) is 6.74. The molecule has 0 radical (unpaired) electrons. The maximum atomic E-state index is 14.1. The average molecular weight is 340 g/mol. The standard InChI is InChI=1S/C15H14F2N2O3S/c1-22-18-9-10-3-6-15(19-23(2,20)21)13(7-10)12-5-4-11(16)8-14(12)17/h3-9,19H,1-2H3/b18-9-. The van der Waals surface area contributed by atoms with Gasteiger partial charge in [0.25, 0.3) is 0 Å². The van der Waals surface area contributed by atoms with E-state index in [0.717, 1.165) is 18.4 Å². The maximum absolute atomic E-state index is 14.1. The highest BCUT2D eigenvalue weighted by Crippen LogP contribution is 2.31. The fraction of sp³-hybridized carbons (Fsp3) is 0.133. The molecular weight excluding hydrogens is 326 g/mol. The molecule has 0 saturated heterocycles. The van der Waals surface area contributed by atoms with Crippen LogP contribution in [0.25, 0.3) is 11.1 Å². The molecule has 0 aromatic heterocycles. The van der Waals surface area contributed by atoms with Crippen LogP contribution in [-0.2, 0) is 14.9 Å². The normalized spacial score (nSPS) is 11.7. The Kier molecular flexibility index (Phi) is 4.95. The maximum Gasteiger partial charge on any atom is 0.229 e. The van der Waals surface area contributed by atoms with E-state index < -0.39 is 21.7 Å². The summed E-state index contributed by atoms with van der Waals surface area (Å²) >= 11 is 0. The molecule has 0 fully saturated rings. The molecule has 122 valence electrons. The average Bonchev–Trinajstić information content (AvgIpc) is 2.45. The summed E-state index contributed by atoms with van der Waals surface area (Å²) in [6.07, 6.45) is 2.37. The van der Waals surface area contributed by atoms with Crippen molar-refractivity contribution in [2.24, 2.45) is 5.16 Å². The van der Waals surface area contributed by atoms with Crippen LogP contribution in [0.3, 0.4) is 0 Å². The van der Waals surface area contributed by atoms with Crippen LogP contribution in [0.4, 0.5) is 14.5 Å². The second-order valence-electron chi connectivity index (χ2n) is 4.72. The highest BCUT2D eigenvalue weighted by molar-refractivity contribution is 7.92. The van der Waals surface area contributed by atoms with Gasteiger partial charge in [-0.1, -0.05) is 11.2 Å². The number of rotatable bonds is 5. The van der Waals surface area contributed by atoms with Gasteiger partial charge < -0.3 is 4.84 Å². The van der Waals surface area contributed by atoms with Gasteiger partial charge in [0.2, 0.25) is 10.0 Å². The van der Waals surface area contributed by atoms with Crippen LogP contribution in [0.5, 0.6) is 0 Å². The van der Waals surface area contributed by atoms with Crippen molar-refractivity contribution in [2.45, 2.75) is 0 Å². The van der Waals surface area contributed by atoms with E-state index in [2.05, 4.69) is 14.7 Å². The molecule has 0 atom stereocenters. The van der Waals surface area contributed by atoms with Crippen molar-refractivity contribution in [1.82, 2.24) is 0 Å². The molecule has 23 heavy (non-hydrogen) atoms. The fourth-order valence-electron chi connectivity index (χ4n) is 1.98. The van der Waals surface area contributed by atoms with Crippen LogP contribution >= 0.6 is 0 Å². The van der Waals surface area contributed by atoms with Crippen molar-refractivity contribution in [3.8, 4) is 11.1 Å². The third kappa shape index (κ3) is 4.49. The first-order valence-electron chi connectivity index (χ1n) is 6.44. The van der Waals surface area contributed by atoms with Crippen LogP contribution < -0.4 is 4.72 Å². The van der Waals surface area contributed by atoms with E-state index in [1.807, 2.05) is 0 Å². The molecule has 0 aliphatic carbocycles. The van der Waals surface area contributed by atoms with Gasteiger partial charge in [-0.2, -0.15) is 0 Å².